The van der Waals surface area contributed by atoms with Gasteiger partial charge in [0.2, 0.25) is 10.0 Å². The van der Waals surface area contributed by atoms with Gasteiger partial charge >= 0.3 is 0 Å². The number of phenols is 1. The van der Waals surface area contributed by atoms with E-state index in [0.29, 0.717) is 13.1 Å². The molecule has 1 aliphatic heterocycles. The molecular formula is C11H14N2O4S. The van der Waals surface area contributed by atoms with Gasteiger partial charge in [-0.2, -0.15) is 4.31 Å². The minimum Gasteiger partial charge on any atom is -0.507 e. The number of hydrogen-bond acceptors (Lipinski definition) is 4. The molecule has 0 bridgehead atoms. The third-order valence-electron chi connectivity index (χ3n) is 2.94. The maximum absolute atomic E-state index is 12.2. The molecule has 1 saturated heterocycles. The van der Waals surface area contributed by atoms with Gasteiger partial charge < -0.3 is 10.8 Å². The molecule has 0 aromatic heterocycles. The van der Waals surface area contributed by atoms with E-state index in [9.17, 15) is 18.3 Å². The number of nitrogens with zero attached hydrogens (tertiary/aromatic N) is 1. The number of primary amides is 1. The molecule has 0 saturated carbocycles. The predicted octanol–water partition coefficient (Wildman–Crippen LogP) is 0.276. The van der Waals surface area contributed by atoms with Crippen LogP contribution in [0.5, 0.6) is 5.75 Å². The van der Waals surface area contributed by atoms with E-state index in [1.807, 2.05) is 0 Å². The van der Waals surface area contributed by atoms with Crippen molar-refractivity contribution >= 4 is 15.9 Å². The summed E-state index contributed by atoms with van der Waals surface area (Å²) in [6.45, 7) is 0.963. The number of nitrogens with two attached hydrogens (primary N) is 1. The number of carbonyl (C=O) groups excluding carboxylic acids is 1. The Hall–Kier alpha value is -1.60. The Kier molecular flexibility index (Phi) is 3.27. The monoisotopic (exact) mass is 270 g/mol. The van der Waals surface area contributed by atoms with Gasteiger partial charge in [0.05, 0.1) is 10.5 Å². The van der Waals surface area contributed by atoms with Crippen LogP contribution in [0.4, 0.5) is 0 Å². The van der Waals surface area contributed by atoms with E-state index >= 15 is 0 Å². The fourth-order valence-corrected chi connectivity index (χ4v) is 3.49. The van der Waals surface area contributed by atoms with Crippen LogP contribution < -0.4 is 5.73 Å². The van der Waals surface area contributed by atoms with E-state index < -0.39 is 15.9 Å². The topological polar surface area (TPSA) is 101 Å². The van der Waals surface area contributed by atoms with Crippen LogP contribution >= 0.6 is 0 Å². The molecule has 0 unspecified atom stereocenters. The first-order valence-electron chi connectivity index (χ1n) is 5.56. The molecule has 0 spiro atoms. The maximum atomic E-state index is 12.2. The van der Waals surface area contributed by atoms with Crippen molar-refractivity contribution in [2.45, 2.75) is 17.7 Å². The van der Waals surface area contributed by atoms with Gasteiger partial charge in [-0.05, 0) is 31.0 Å². The summed E-state index contributed by atoms with van der Waals surface area (Å²) in [5.74, 6) is -1.17. The highest BCUT2D eigenvalue weighted by Gasteiger charge is 2.28. The van der Waals surface area contributed by atoms with Gasteiger partial charge in [0, 0.05) is 13.1 Å². The molecule has 1 aromatic rings. The number of aromatic hydroxyl groups is 1. The van der Waals surface area contributed by atoms with Gasteiger partial charge in [-0.3, -0.25) is 4.79 Å². The summed E-state index contributed by atoms with van der Waals surface area (Å²) in [6, 6.07) is 3.56. The van der Waals surface area contributed by atoms with Gasteiger partial charge in [-0.1, -0.05) is 0 Å². The lowest BCUT2D eigenvalue weighted by Crippen LogP contribution is -2.28. The van der Waals surface area contributed by atoms with Crippen LogP contribution in [-0.2, 0) is 10.0 Å². The fourth-order valence-electron chi connectivity index (χ4n) is 1.95. The summed E-state index contributed by atoms with van der Waals surface area (Å²) in [5.41, 5.74) is 4.89. The summed E-state index contributed by atoms with van der Waals surface area (Å²) in [7, 11) is -3.60. The van der Waals surface area contributed by atoms with Gasteiger partial charge in [-0.25, -0.2) is 8.42 Å². The zero-order valence-electron chi connectivity index (χ0n) is 9.67. The van der Waals surface area contributed by atoms with Crippen molar-refractivity contribution in [3.05, 3.63) is 23.8 Å². The van der Waals surface area contributed by atoms with Gasteiger partial charge in [0.15, 0.2) is 0 Å². The number of rotatable bonds is 3. The molecular weight excluding hydrogens is 256 g/mol. The lowest BCUT2D eigenvalue weighted by molar-refractivity contribution is 0.0997. The molecule has 1 amide bonds. The molecule has 98 valence electrons. The van der Waals surface area contributed by atoms with Crippen molar-refractivity contribution in [2.24, 2.45) is 5.73 Å². The molecule has 1 aromatic carbocycles. The number of sulfonamides is 1. The van der Waals surface area contributed by atoms with E-state index in [0.717, 1.165) is 18.9 Å². The van der Waals surface area contributed by atoms with Crippen molar-refractivity contribution < 1.29 is 18.3 Å². The SMILES string of the molecule is NC(=O)c1cc(S(=O)(=O)N2CCCC2)ccc1O. The summed E-state index contributed by atoms with van der Waals surface area (Å²) in [6.07, 6.45) is 1.67. The highest BCUT2D eigenvalue weighted by atomic mass is 32.2. The molecule has 0 atom stereocenters. The van der Waals surface area contributed by atoms with E-state index in [1.54, 1.807) is 0 Å². The van der Waals surface area contributed by atoms with Gasteiger partial charge in [-0.15, -0.1) is 0 Å². The molecule has 0 radical (unpaired) electrons. The molecule has 0 aliphatic carbocycles. The van der Waals surface area contributed by atoms with Crippen molar-refractivity contribution in [3.63, 3.8) is 0 Å². The zero-order chi connectivity index (χ0) is 13.3. The Morgan fingerprint density at radius 1 is 1.28 bits per heavy atom. The van der Waals surface area contributed by atoms with Crippen LogP contribution in [-0.4, -0.2) is 36.8 Å². The summed E-state index contributed by atoms with van der Waals surface area (Å²) >= 11 is 0. The Labute approximate surface area is 105 Å². The Bertz CT molecular complexity index is 577. The third kappa shape index (κ3) is 2.19. The van der Waals surface area contributed by atoms with Crippen LogP contribution in [0, 0.1) is 0 Å². The normalized spacial score (nSPS) is 16.9. The third-order valence-corrected chi connectivity index (χ3v) is 4.83. The quantitative estimate of drug-likeness (QED) is 0.823. The van der Waals surface area contributed by atoms with E-state index in [4.69, 9.17) is 5.73 Å². The standard InChI is InChI=1S/C11H14N2O4S/c12-11(15)9-7-8(3-4-10(9)14)18(16,17)13-5-1-2-6-13/h3-4,7,14H,1-2,5-6H2,(H2,12,15). The molecule has 3 N–H and O–H groups in total. The van der Waals surface area contributed by atoms with Crippen molar-refractivity contribution in [2.75, 3.05) is 13.1 Å². The number of carbonyl (C=O) groups is 1. The van der Waals surface area contributed by atoms with E-state index in [2.05, 4.69) is 0 Å². The second-order valence-corrected chi connectivity index (χ2v) is 6.09. The first-order chi connectivity index (χ1) is 8.43. The first-order valence-corrected chi connectivity index (χ1v) is 7.00. The first kappa shape index (κ1) is 12.8. The van der Waals surface area contributed by atoms with Crippen molar-refractivity contribution in [1.82, 2.24) is 4.31 Å². The number of hydrogen-bond donors (Lipinski definition) is 2. The maximum Gasteiger partial charge on any atom is 0.252 e. The minimum atomic E-state index is -3.60. The highest BCUT2D eigenvalue weighted by molar-refractivity contribution is 7.89. The average molecular weight is 270 g/mol. The largest absolute Gasteiger partial charge is 0.507 e. The molecule has 2 rings (SSSR count). The Morgan fingerprint density at radius 2 is 1.89 bits per heavy atom. The smallest absolute Gasteiger partial charge is 0.252 e. The van der Waals surface area contributed by atoms with E-state index in [1.165, 1.54) is 16.4 Å². The minimum absolute atomic E-state index is 0.0176. The zero-order valence-corrected chi connectivity index (χ0v) is 10.5. The van der Waals surface area contributed by atoms with Crippen molar-refractivity contribution in [1.29, 1.82) is 0 Å². The van der Waals surface area contributed by atoms with E-state index in [-0.39, 0.29) is 16.2 Å². The van der Waals surface area contributed by atoms with Crippen LogP contribution in [0.3, 0.4) is 0 Å². The number of amides is 1. The molecule has 1 aliphatic rings. The highest BCUT2D eigenvalue weighted by Crippen LogP contribution is 2.25. The fraction of sp³-hybridized carbons (Fsp3) is 0.364. The van der Waals surface area contributed by atoms with Gasteiger partial charge in [0.1, 0.15) is 5.75 Å². The predicted molar refractivity (Wildman–Crippen MR) is 64.6 cm³/mol. The Morgan fingerprint density at radius 3 is 2.44 bits per heavy atom. The second kappa shape index (κ2) is 4.58. The molecule has 1 fully saturated rings. The average Bonchev–Trinajstić information content (AvgIpc) is 2.82. The lowest BCUT2D eigenvalue weighted by atomic mass is 10.2. The Balaban J connectivity index is 2.45. The second-order valence-electron chi connectivity index (χ2n) is 4.15. The van der Waals surface area contributed by atoms with Crippen LogP contribution in [0.2, 0.25) is 0 Å². The molecule has 1 heterocycles. The van der Waals surface area contributed by atoms with Crippen molar-refractivity contribution in [3.8, 4) is 5.75 Å². The van der Waals surface area contributed by atoms with Crippen LogP contribution in [0.15, 0.2) is 23.1 Å². The summed E-state index contributed by atoms with van der Waals surface area (Å²) < 4.78 is 25.8. The van der Waals surface area contributed by atoms with Gasteiger partial charge in [0.25, 0.3) is 5.91 Å². The molecule has 7 heteroatoms. The molecule has 18 heavy (non-hydrogen) atoms. The summed E-state index contributed by atoms with van der Waals surface area (Å²) in [4.78, 5) is 11.1. The van der Waals surface area contributed by atoms with Crippen LogP contribution in [0.1, 0.15) is 23.2 Å². The lowest BCUT2D eigenvalue weighted by Gasteiger charge is -2.16. The molecule has 6 nitrogen and oxygen atoms in total. The summed E-state index contributed by atoms with van der Waals surface area (Å²) in [5, 5.41) is 9.43. The number of benzene rings is 1. The van der Waals surface area contributed by atoms with Crippen LogP contribution in [0.25, 0.3) is 0 Å².